The third-order valence-electron chi connectivity index (χ3n) is 5.27. The highest BCUT2D eigenvalue weighted by atomic mass is 16.2. The molecule has 1 aliphatic carbocycles. The number of carbonyl (C=O) groups excluding carboxylic acids is 1. The number of amides is 1. The molecule has 3 rings (SSSR count). The molecule has 1 saturated carbocycles. The Morgan fingerprint density at radius 1 is 1.29 bits per heavy atom. The maximum absolute atomic E-state index is 12.4. The molecule has 0 aromatic carbocycles. The van der Waals surface area contributed by atoms with Gasteiger partial charge >= 0.3 is 0 Å². The molecule has 0 radical (unpaired) electrons. The van der Waals surface area contributed by atoms with Crippen LogP contribution in [0.5, 0.6) is 0 Å². The number of hydrogen-bond donors (Lipinski definition) is 1. The van der Waals surface area contributed by atoms with Crippen LogP contribution in [0.25, 0.3) is 0 Å². The van der Waals surface area contributed by atoms with Gasteiger partial charge in [0.25, 0.3) is 0 Å². The Labute approximate surface area is 127 Å². The summed E-state index contributed by atoms with van der Waals surface area (Å²) in [5, 5.41) is 3.27. The molecule has 21 heavy (non-hydrogen) atoms. The van der Waals surface area contributed by atoms with E-state index in [1.165, 1.54) is 25.0 Å². The van der Waals surface area contributed by atoms with Crippen molar-refractivity contribution in [3.63, 3.8) is 0 Å². The van der Waals surface area contributed by atoms with Gasteiger partial charge in [-0.05, 0) is 37.8 Å². The second-order valence-corrected chi connectivity index (χ2v) is 6.71. The van der Waals surface area contributed by atoms with Crippen LogP contribution < -0.4 is 5.32 Å². The summed E-state index contributed by atoms with van der Waals surface area (Å²) in [6.07, 6.45) is 7.09. The predicted molar refractivity (Wildman–Crippen MR) is 84.0 cm³/mol. The van der Waals surface area contributed by atoms with Gasteiger partial charge in [-0.3, -0.25) is 9.69 Å². The van der Waals surface area contributed by atoms with Crippen molar-refractivity contribution in [2.24, 2.45) is 5.92 Å². The smallest absolute Gasteiger partial charge is 0.234 e. The summed E-state index contributed by atoms with van der Waals surface area (Å²) in [6, 6.07) is 4.97. The lowest BCUT2D eigenvalue weighted by Gasteiger charge is -2.35. The molecule has 1 aliphatic heterocycles. The summed E-state index contributed by atoms with van der Waals surface area (Å²) in [5.41, 5.74) is 1.32. The van der Waals surface area contributed by atoms with Crippen molar-refractivity contribution in [2.45, 2.75) is 58.2 Å². The molecule has 1 N–H and O–H groups in total. The molecule has 116 valence electrons. The normalized spacial score (nSPS) is 29.9. The molecule has 2 heterocycles. The van der Waals surface area contributed by atoms with Crippen LogP contribution in [0.3, 0.4) is 0 Å². The van der Waals surface area contributed by atoms with E-state index >= 15 is 0 Å². The number of nitrogens with one attached hydrogen (secondary N) is 1. The van der Waals surface area contributed by atoms with E-state index < -0.39 is 0 Å². The molecule has 0 unspecified atom stereocenters. The fourth-order valence-electron chi connectivity index (χ4n) is 3.81. The van der Waals surface area contributed by atoms with E-state index in [1.807, 2.05) is 0 Å². The van der Waals surface area contributed by atoms with Crippen LogP contribution in [0.2, 0.25) is 0 Å². The minimum Gasteiger partial charge on any atom is -0.352 e. The first-order chi connectivity index (χ1) is 10.1. The van der Waals surface area contributed by atoms with E-state index in [-0.39, 0.29) is 5.91 Å². The van der Waals surface area contributed by atoms with Crippen LogP contribution in [0, 0.1) is 5.92 Å². The highest BCUT2D eigenvalue weighted by molar-refractivity contribution is 5.78. The Morgan fingerprint density at radius 2 is 2.10 bits per heavy atom. The highest BCUT2D eigenvalue weighted by Crippen LogP contribution is 2.26. The van der Waals surface area contributed by atoms with Gasteiger partial charge in [0.2, 0.25) is 5.91 Å². The summed E-state index contributed by atoms with van der Waals surface area (Å²) in [6.45, 7) is 6.92. The number of carbonyl (C=O) groups is 1. The minimum atomic E-state index is 0.195. The number of rotatable bonds is 3. The topological polar surface area (TPSA) is 37.3 Å². The van der Waals surface area contributed by atoms with Crippen molar-refractivity contribution >= 4 is 5.91 Å². The summed E-state index contributed by atoms with van der Waals surface area (Å²) < 4.78 is 2.29. The number of nitrogens with zero attached hydrogens (tertiary/aromatic N) is 2. The zero-order valence-electron chi connectivity index (χ0n) is 13.2. The van der Waals surface area contributed by atoms with E-state index in [0.717, 1.165) is 19.5 Å². The third kappa shape index (κ3) is 3.15. The Balaban J connectivity index is 1.56. The van der Waals surface area contributed by atoms with Gasteiger partial charge < -0.3 is 9.88 Å². The molecule has 0 bridgehead atoms. The molecule has 1 amide bonds. The van der Waals surface area contributed by atoms with Gasteiger partial charge in [0.15, 0.2) is 0 Å². The van der Waals surface area contributed by atoms with E-state index in [9.17, 15) is 4.79 Å². The number of fused-ring (bicyclic) bond motifs is 1. The first-order valence-electron chi connectivity index (χ1n) is 8.33. The molecule has 1 aromatic rings. The van der Waals surface area contributed by atoms with Crippen molar-refractivity contribution in [3.8, 4) is 0 Å². The lowest BCUT2D eigenvalue weighted by atomic mass is 9.86. The second kappa shape index (κ2) is 6.22. The Hall–Kier alpha value is -1.29. The molecular formula is C17H27N3O. The van der Waals surface area contributed by atoms with E-state index in [4.69, 9.17) is 0 Å². The fraction of sp³-hybridized carbons (Fsp3) is 0.706. The summed E-state index contributed by atoms with van der Waals surface area (Å²) in [5.74, 6) is 0.819. The van der Waals surface area contributed by atoms with Crippen LogP contribution in [0.4, 0.5) is 0 Å². The standard InChI is InChI=1S/C17H27N3O/c1-13-6-3-4-7-15(13)18-17(21)12-20-11-10-19-9-5-8-16(19)14(20)2/h5,8-9,13-15H,3-4,6-7,10-12H2,1-2H3,(H,18,21)/t13-,14-,15+/m1/s1. The molecule has 1 fully saturated rings. The quantitative estimate of drug-likeness (QED) is 0.928. The lowest BCUT2D eigenvalue weighted by Crippen LogP contribution is -2.47. The van der Waals surface area contributed by atoms with E-state index in [1.54, 1.807) is 0 Å². The first-order valence-corrected chi connectivity index (χ1v) is 8.33. The van der Waals surface area contributed by atoms with E-state index in [2.05, 4.69) is 47.0 Å². The summed E-state index contributed by atoms with van der Waals surface area (Å²) in [7, 11) is 0. The highest BCUT2D eigenvalue weighted by Gasteiger charge is 2.27. The number of hydrogen-bond acceptors (Lipinski definition) is 2. The monoisotopic (exact) mass is 289 g/mol. The van der Waals surface area contributed by atoms with Crippen molar-refractivity contribution in [3.05, 3.63) is 24.0 Å². The fourth-order valence-corrected chi connectivity index (χ4v) is 3.81. The number of aromatic nitrogens is 1. The van der Waals surface area contributed by atoms with Crippen LogP contribution in [0.1, 0.15) is 51.3 Å². The Morgan fingerprint density at radius 3 is 2.90 bits per heavy atom. The molecule has 3 atom stereocenters. The molecule has 4 heteroatoms. The van der Waals surface area contributed by atoms with Gasteiger partial charge in [0.1, 0.15) is 0 Å². The Bertz CT molecular complexity index is 496. The first kappa shape index (κ1) is 14.6. The van der Waals surface area contributed by atoms with Crippen molar-refractivity contribution in [1.82, 2.24) is 14.8 Å². The van der Waals surface area contributed by atoms with Crippen LogP contribution in [-0.4, -0.2) is 34.5 Å². The van der Waals surface area contributed by atoms with Crippen molar-refractivity contribution in [1.29, 1.82) is 0 Å². The minimum absolute atomic E-state index is 0.195. The lowest BCUT2D eigenvalue weighted by molar-refractivity contribution is -0.124. The molecular weight excluding hydrogens is 262 g/mol. The Kier molecular flexibility index (Phi) is 4.34. The summed E-state index contributed by atoms with van der Waals surface area (Å²) in [4.78, 5) is 14.7. The van der Waals surface area contributed by atoms with Gasteiger partial charge in [-0.15, -0.1) is 0 Å². The average molecular weight is 289 g/mol. The zero-order valence-corrected chi connectivity index (χ0v) is 13.2. The van der Waals surface area contributed by atoms with Crippen LogP contribution in [0.15, 0.2) is 18.3 Å². The van der Waals surface area contributed by atoms with E-state index in [0.29, 0.717) is 24.5 Å². The largest absolute Gasteiger partial charge is 0.352 e. The van der Waals surface area contributed by atoms with Gasteiger partial charge in [-0.25, -0.2) is 0 Å². The van der Waals surface area contributed by atoms with Gasteiger partial charge in [0, 0.05) is 37.1 Å². The maximum atomic E-state index is 12.4. The van der Waals surface area contributed by atoms with Gasteiger partial charge in [-0.2, -0.15) is 0 Å². The van der Waals surface area contributed by atoms with Crippen molar-refractivity contribution < 1.29 is 4.79 Å². The maximum Gasteiger partial charge on any atom is 0.234 e. The SMILES string of the molecule is C[C@@H]1CCCC[C@@H]1NC(=O)CN1CCn2cccc2[C@H]1C. The molecule has 0 spiro atoms. The van der Waals surface area contributed by atoms with Crippen molar-refractivity contribution in [2.75, 3.05) is 13.1 Å². The van der Waals surface area contributed by atoms with Gasteiger partial charge in [-0.1, -0.05) is 19.8 Å². The second-order valence-electron chi connectivity index (χ2n) is 6.71. The predicted octanol–water partition coefficient (Wildman–Crippen LogP) is 2.56. The molecule has 0 saturated heterocycles. The average Bonchev–Trinajstić information content (AvgIpc) is 2.94. The summed E-state index contributed by atoms with van der Waals surface area (Å²) >= 11 is 0. The zero-order chi connectivity index (χ0) is 14.8. The van der Waals surface area contributed by atoms with Gasteiger partial charge in [0.05, 0.1) is 6.54 Å². The molecule has 4 nitrogen and oxygen atoms in total. The molecule has 1 aromatic heterocycles. The molecule has 2 aliphatic rings. The van der Waals surface area contributed by atoms with Crippen LogP contribution in [-0.2, 0) is 11.3 Å². The third-order valence-corrected chi connectivity index (χ3v) is 5.27. The van der Waals surface area contributed by atoms with Crippen LogP contribution >= 0.6 is 0 Å².